The van der Waals surface area contributed by atoms with Crippen molar-refractivity contribution in [1.82, 2.24) is 10.2 Å². The van der Waals surface area contributed by atoms with Crippen LogP contribution in [0.4, 0.5) is 4.79 Å². The second-order valence-electron chi connectivity index (χ2n) is 8.29. The highest BCUT2D eigenvalue weighted by Gasteiger charge is 2.52. The van der Waals surface area contributed by atoms with Gasteiger partial charge in [0.15, 0.2) is 0 Å². The summed E-state index contributed by atoms with van der Waals surface area (Å²) in [5.74, 6) is -1.92. The average molecular weight is 573 g/mol. The van der Waals surface area contributed by atoms with Crippen LogP contribution in [0.1, 0.15) is 31.4 Å². The fourth-order valence-electron chi connectivity index (χ4n) is 4.03. The van der Waals surface area contributed by atoms with Crippen LogP contribution in [-0.2, 0) is 41.6 Å². The average Bonchev–Trinajstić information content (AvgIpc) is 3.14. The Bertz CT molecular complexity index is 1150. The number of rotatable bonds is 10. The number of alkyl carbamates (subject to hydrolysis) is 1. The lowest BCUT2D eigenvalue weighted by molar-refractivity contribution is -0.148. The van der Waals surface area contributed by atoms with Crippen LogP contribution in [0, 0.1) is 0 Å². The maximum Gasteiger partial charge on any atom is 0.408 e. The maximum absolute atomic E-state index is 13.9. The number of esters is 2. The molecule has 0 radical (unpaired) electrons. The molecule has 2 aromatic rings. The van der Waals surface area contributed by atoms with E-state index in [2.05, 4.69) is 21.2 Å². The molecule has 1 N–H and O–H groups in total. The Hall–Kier alpha value is -3.66. The first-order valence-corrected chi connectivity index (χ1v) is 12.6. The van der Waals surface area contributed by atoms with E-state index >= 15 is 0 Å². The molecule has 1 aliphatic heterocycles. The van der Waals surface area contributed by atoms with Crippen molar-refractivity contribution in [3.63, 3.8) is 0 Å². The van der Waals surface area contributed by atoms with Gasteiger partial charge in [0, 0.05) is 18.5 Å². The number of likely N-dealkylation sites (tertiary alicyclic amines) is 1. The highest BCUT2D eigenvalue weighted by Crippen LogP contribution is 2.38. The Morgan fingerprint density at radius 3 is 2.11 bits per heavy atom. The smallest absolute Gasteiger partial charge is 0.408 e. The molecule has 3 rings (SSSR count). The van der Waals surface area contributed by atoms with Crippen LogP contribution in [0.25, 0.3) is 0 Å². The lowest BCUT2D eigenvalue weighted by atomic mass is 9.88. The van der Waals surface area contributed by atoms with Crippen LogP contribution >= 0.6 is 15.9 Å². The lowest BCUT2D eigenvalue weighted by Crippen LogP contribution is -2.56. The van der Waals surface area contributed by atoms with Crippen molar-refractivity contribution in [2.75, 3.05) is 19.8 Å². The molecule has 0 unspecified atom stereocenters. The van der Waals surface area contributed by atoms with Crippen molar-refractivity contribution in [2.24, 2.45) is 0 Å². The van der Waals surface area contributed by atoms with Crippen molar-refractivity contribution in [1.29, 1.82) is 0 Å². The van der Waals surface area contributed by atoms with Gasteiger partial charge in [-0.15, -0.1) is 0 Å². The summed E-state index contributed by atoms with van der Waals surface area (Å²) in [5, 5.41) is 2.74. The van der Waals surface area contributed by atoms with Gasteiger partial charge >= 0.3 is 18.0 Å². The largest absolute Gasteiger partial charge is 0.465 e. The third-order valence-corrected chi connectivity index (χ3v) is 6.43. The van der Waals surface area contributed by atoms with Crippen LogP contribution in [0.2, 0.25) is 0 Å². The normalized spacial score (nSPS) is 18.2. The topological polar surface area (TPSA) is 111 Å². The molecule has 37 heavy (non-hydrogen) atoms. The van der Waals surface area contributed by atoms with E-state index in [1.165, 1.54) is 0 Å². The molecule has 0 spiro atoms. The monoisotopic (exact) mass is 572 g/mol. The standard InChI is InChI=1S/C27H29BrN2O7/c1-3-35-22(31)17-30-21(23(28)24(32)36-4-2)16-27(25(30)33,15-19-11-7-5-8-12-19)29-26(34)37-18-20-13-9-6-10-14-20/h5-14H,3-4,15-18H2,1-2H3,(H,29,34)/b23-21-/t27-/m1/s1. The van der Waals surface area contributed by atoms with Gasteiger partial charge in [0.25, 0.3) is 5.91 Å². The summed E-state index contributed by atoms with van der Waals surface area (Å²) < 4.78 is 15.5. The number of hydrogen-bond donors (Lipinski definition) is 1. The third-order valence-electron chi connectivity index (χ3n) is 5.65. The van der Waals surface area contributed by atoms with Gasteiger partial charge in [-0.05, 0) is 40.9 Å². The number of nitrogens with zero attached hydrogens (tertiary/aromatic N) is 1. The zero-order valence-corrected chi connectivity index (χ0v) is 22.3. The van der Waals surface area contributed by atoms with Crippen molar-refractivity contribution in [3.05, 3.63) is 82.0 Å². The number of halogens is 1. The first kappa shape index (κ1) is 27.9. The molecule has 9 nitrogen and oxygen atoms in total. The predicted octanol–water partition coefficient (Wildman–Crippen LogP) is 3.86. The molecule has 2 aromatic carbocycles. The van der Waals surface area contributed by atoms with Gasteiger partial charge in [-0.25, -0.2) is 9.59 Å². The maximum atomic E-state index is 13.9. The number of hydrogen-bond acceptors (Lipinski definition) is 7. The zero-order chi connectivity index (χ0) is 26.8. The van der Waals surface area contributed by atoms with E-state index in [4.69, 9.17) is 14.2 Å². The second kappa shape index (κ2) is 13.0. The molecule has 1 saturated heterocycles. The van der Waals surface area contributed by atoms with E-state index in [0.717, 1.165) is 16.0 Å². The Labute approximate surface area is 223 Å². The van der Waals surface area contributed by atoms with Crippen molar-refractivity contribution in [2.45, 2.75) is 38.8 Å². The quantitative estimate of drug-likeness (QED) is 0.261. The summed E-state index contributed by atoms with van der Waals surface area (Å²) in [4.78, 5) is 52.9. The first-order valence-electron chi connectivity index (χ1n) is 11.9. The van der Waals surface area contributed by atoms with Crippen molar-refractivity contribution < 1.29 is 33.4 Å². The molecule has 1 atom stereocenters. The van der Waals surface area contributed by atoms with E-state index in [0.29, 0.717) is 0 Å². The van der Waals surface area contributed by atoms with Gasteiger partial charge in [-0.3, -0.25) is 9.59 Å². The van der Waals surface area contributed by atoms with Crippen LogP contribution in [0.3, 0.4) is 0 Å². The fourth-order valence-corrected chi connectivity index (χ4v) is 4.50. The number of benzene rings is 2. The molecule has 0 aliphatic carbocycles. The van der Waals surface area contributed by atoms with E-state index in [1.54, 1.807) is 13.8 Å². The SMILES string of the molecule is CCOC(=O)CN1C(=O)[C@](Cc2ccccc2)(NC(=O)OCc2ccccc2)C/C1=C(/Br)C(=O)OCC. The Morgan fingerprint density at radius 2 is 1.51 bits per heavy atom. The van der Waals surface area contributed by atoms with Crippen LogP contribution in [-0.4, -0.2) is 54.1 Å². The third kappa shape index (κ3) is 7.19. The molecule has 2 amide bonds. The molecule has 196 valence electrons. The summed E-state index contributed by atoms with van der Waals surface area (Å²) in [7, 11) is 0. The summed E-state index contributed by atoms with van der Waals surface area (Å²) in [6.07, 6.45) is -0.795. The molecule has 1 heterocycles. The number of amides is 2. The van der Waals surface area contributed by atoms with Crippen LogP contribution in [0.5, 0.6) is 0 Å². The Balaban J connectivity index is 1.97. The summed E-state index contributed by atoms with van der Waals surface area (Å²) in [6, 6.07) is 18.2. The van der Waals surface area contributed by atoms with E-state index in [9.17, 15) is 19.2 Å². The predicted molar refractivity (Wildman–Crippen MR) is 138 cm³/mol. The molecular formula is C27H29BrN2O7. The Kier molecular flexibility index (Phi) is 9.85. The minimum Gasteiger partial charge on any atom is -0.465 e. The van der Waals surface area contributed by atoms with Gasteiger partial charge < -0.3 is 24.4 Å². The van der Waals surface area contributed by atoms with E-state index in [1.807, 2.05) is 60.7 Å². The summed E-state index contributed by atoms with van der Waals surface area (Å²) in [6.45, 7) is 3.12. The van der Waals surface area contributed by atoms with E-state index in [-0.39, 0.29) is 42.8 Å². The molecular weight excluding hydrogens is 544 g/mol. The first-order chi connectivity index (χ1) is 17.8. The highest BCUT2D eigenvalue weighted by molar-refractivity contribution is 9.12. The minimum absolute atomic E-state index is 0.00401. The summed E-state index contributed by atoms with van der Waals surface area (Å²) >= 11 is 3.25. The summed E-state index contributed by atoms with van der Waals surface area (Å²) in [5.41, 5.74) is 0.226. The van der Waals surface area contributed by atoms with E-state index < -0.39 is 36.0 Å². The molecule has 10 heteroatoms. The zero-order valence-electron chi connectivity index (χ0n) is 20.7. The van der Waals surface area contributed by atoms with Gasteiger partial charge in [-0.2, -0.15) is 0 Å². The minimum atomic E-state index is -1.53. The number of carbonyl (C=O) groups excluding carboxylic acids is 4. The van der Waals surface area contributed by atoms with Crippen LogP contribution < -0.4 is 5.32 Å². The highest BCUT2D eigenvalue weighted by atomic mass is 79.9. The molecule has 1 fully saturated rings. The number of carbonyl (C=O) groups is 4. The lowest BCUT2D eigenvalue weighted by Gasteiger charge is -2.28. The fraction of sp³-hybridized carbons (Fsp3) is 0.333. The van der Waals surface area contributed by atoms with Crippen molar-refractivity contribution in [3.8, 4) is 0 Å². The number of ether oxygens (including phenoxy) is 3. The molecule has 0 bridgehead atoms. The van der Waals surface area contributed by atoms with Gasteiger partial charge in [0.05, 0.1) is 13.2 Å². The van der Waals surface area contributed by atoms with Crippen LogP contribution in [0.15, 0.2) is 70.8 Å². The second-order valence-corrected chi connectivity index (χ2v) is 9.08. The van der Waals surface area contributed by atoms with Gasteiger partial charge in [0.2, 0.25) is 0 Å². The molecule has 0 aromatic heterocycles. The van der Waals surface area contributed by atoms with Gasteiger partial charge in [-0.1, -0.05) is 60.7 Å². The Morgan fingerprint density at radius 1 is 0.919 bits per heavy atom. The van der Waals surface area contributed by atoms with Gasteiger partial charge in [0.1, 0.15) is 23.2 Å². The van der Waals surface area contributed by atoms with Crippen molar-refractivity contribution >= 4 is 39.9 Å². The molecule has 0 saturated carbocycles. The molecule has 1 aliphatic rings. The number of nitrogens with one attached hydrogen (secondary N) is 1.